The minimum Gasteiger partial charge on any atom is -0.465 e. The average molecular weight is 473 g/mol. The molecule has 12 heteroatoms. The third-order valence-corrected chi connectivity index (χ3v) is 4.58. The largest absolute Gasteiger partial charge is 0.573 e. The van der Waals surface area contributed by atoms with Crippen molar-refractivity contribution in [1.82, 2.24) is 0 Å². The lowest BCUT2D eigenvalue weighted by Gasteiger charge is -2.26. The maximum atomic E-state index is 12.6. The molecule has 0 saturated carbocycles. The highest BCUT2D eigenvalue weighted by Crippen LogP contribution is 2.47. The molecule has 0 amide bonds. The topological polar surface area (TPSA) is 65.1 Å². The Morgan fingerprint density at radius 3 is 2.17 bits per heavy atom. The quantitative estimate of drug-likeness (QED) is 0.452. The number of nitrogens with zero attached hydrogens (tertiary/aromatic N) is 1. The Morgan fingerprint density at radius 2 is 1.62 bits per heavy atom. The molecule has 2 rings (SSSR count). The van der Waals surface area contributed by atoms with E-state index >= 15 is 0 Å². The molecule has 6 nitrogen and oxygen atoms in total. The van der Waals surface area contributed by atoms with Gasteiger partial charge in [-0.1, -0.05) is 40.9 Å². The first-order valence-electron chi connectivity index (χ1n) is 7.50. The van der Waals surface area contributed by atoms with E-state index in [0.29, 0.717) is 0 Å². The number of anilines is 1. The summed E-state index contributed by atoms with van der Waals surface area (Å²) >= 11 is 18.2. The third-order valence-electron chi connectivity index (χ3n) is 3.46. The van der Waals surface area contributed by atoms with Crippen molar-refractivity contribution in [2.45, 2.75) is 6.36 Å². The zero-order valence-corrected chi connectivity index (χ0v) is 16.9. The van der Waals surface area contributed by atoms with Crippen LogP contribution in [0.5, 0.6) is 5.75 Å². The number of alkyl halides is 3. The number of benzene rings is 1. The fourth-order valence-electron chi connectivity index (χ4n) is 2.32. The molecule has 1 aromatic rings. The van der Waals surface area contributed by atoms with Gasteiger partial charge in [0.1, 0.15) is 10.7 Å². The molecule has 0 N–H and O–H groups in total. The minimum absolute atomic E-state index is 0.186. The second-order valence-corrected chi connectivity index (χ2v) is 6.36. The number of hydrogen-bond acceptors (Lipinski definition) is 6. The molecule has 1 aliphatic heterocycles. The Labute approximate surface area is 177 Å². The molecule has 156 valence electrons. The van der Waals surface area contributed by atoms with Crippen molar-refractivity contribution in [3.05, 3.63) is 56.8 Å². The third kappa shape index (κ3) is 4.98. The Balaban J connectivity index is 2.75. The summed E-state index contributed by atoms with van der Waals surface area (Å²) in [6.07, 6.45) is 0.351. The van der Waals surface area contributed by atoms with Crippen LogP contribution in [0.1, 0.15) is 0 Å². The maximum absolute atomic E-state index is 12.6. The lowest BCUT2D eigenvalue weighted by molar-refractivity contribution is -0.274. The Morgan fingerprint density at radius 1 is 1.00 bits per heavy atom. The normalized spacial score (nSPS) is 14.0. The van der Waals surface area contributed by atoms with Gasteiger partial charge in [0, 0.05) is 12.3 Å². The van der Waals surface area contributed by atoms with Gasteiger partial charge < -0.3 is 19.1 Å². The van der Waals surface area contributed by atoms with Gasteiger partial charge in [0.05, 0.1) is 35.5 Å². The first kappa shape index (κ1) is 22.9. The molecular weight excluding hydrogens is 462 g/mol. The number of hydrogen-bond donors (Lipinski definition) is 0. The predicted molar refractivity (Wildman–Crippen MR) is 100.0 cm³/mol. The van der Waals surface area contributed by atoms with Crippen molar-refractivity contribution in [3.63, 3.8) is 0 Å². The van der Waals surface area contributed by atoms with E-state index in [2.05, 4.69) is 9.47 Å². The summed E-state index contributed by atoms with van der Waals surface area (Å²) in [7, 11) is 2.16. The number of methoxy groups -OCH3 is 2. The van der Waals surface area contributed by atoms with Crippen LogP contribution in [-0.2, 0) is 19.1 Å². The van der Waals surface area contributed by atoms with Crippen LogP contribution < -0.4 is 9.64 Å². The van der Waals surface area contributed by atoms with E-state index in [0.717, 1.165) is 25.2 Å². The molecule has 29 heavy (non-hydrogen) atoms. The van der Waals surface area contributed by atoms with Crippen molar-refractivity contribution in [1.29, 1.82) is 0 Å². The number of rotatable bonds is 4. The minimum atomic E-state index is -5.04. The number of ether oxygens (including phenoxy) is 3. The van der Waals surface area contributed by atoms with Gasteiger partial charge in [-0.2, -0.15) is 0 Å². The molecule has 0 fully saturated rings. The van der Waals surface area contributed by atoms with Gasteiger partial charge in [0.15, 0.2) is 5.75 Å². The number of carbonyl (C=O) groups is 2. The number of halogens is 6. The van der Waals surface area contributed by atoms with Gasteiger partial charge >= 0.3 is 18.3 Å². The first-order chi connectivity index (χ1) is 13.5. The van der Waals surface area contributed by atoms with Crippen LogP contribution in [0.3, 0.4) is 0 Å². The van der Waals surface area contributed by atoms with Crippen LogP contribution in [0.15, 0.2) is 41.8 Å². The van der Waals surface area contributed by atoms with Crippen molar-refractivity contribution >= 4 is 52.4 Å². The molecule has 0 radical (unpaired) electrons. The monoisotopic (exact) mass is 471 g/mol. The molecule has 0 saturated heterocycles. The summed E-state index contributed by atoms with van der Waals surface area (Å²) in [5.74, 6) is -2.70. The van der Waals surface area contributed by atoms with Crippen LogP contribution in [-0.4, -0.2) is 32.5 Å². The smallest absolute Gasteiger partial charge is 0.465 e. The summed E-state index contributed by atoms with van der Waals surface area (Å²) in [4.78, 5) is 25.6. The second kappa shape index (κ2) is 8.98. The molecule has 1 aromatic carbocycles. The highest BCUT2D eigenvalue weighted by Gasteiger charge is 2.35. The van der Waals surface area contributed by atoms with Crippen molar-refractivity contribution in [2.24, 2.45) is 0 Å². The summed E-state index contributed by atoms with van der Waals surface area (Å²) in [6.45, 7) is 0. The zero-order valence-electron chi connectivity index (χ0n) is 14.6. The maximum Gasteiger partial charge on any atom is 0.573 e. The molecular formula is C17H11Cl3F3NO5. The van der Waals surface area contributed by atoms with E-state index in [1.54, 1.807) is 0 Å². The predicted octanol–water partition coefficient (Wildman–Crippen LogP) is 5.04. The molecule has 1 heterocycles. The van der Waals surface area contributed by atoms with Crippen molar-refractivity contribution in [3.8, 4) is 5.75 Å². The van der Waals surface area contributed by atoms with Gasteiger partial charge in [0.25, 0.3) is 0 Å². The fourth-order valence-corrected chi connectivity index (χ4v) is 3.12. The first-order valence-corrected chi connectivity index (χ1v) is 8.63. The second-order valence-electron chi connectivity index (χ2n) is 5.20. The SMILES string of the molecule is COC(=O)C1=C(C(=O)OC)N(c2c(Cl)cc(OC(F)(F)F)c(Cl)c2Cl)C=CC=C1. The number of allylic oxidation sites excluding steroid dienone is 2. The van der Waals surface area contributed by atoms with Crippen LogP contribution >= 0.6 is 34.8 Å². The highest BCUT2D eigenvalue weighted by molar-refractivity contribution is 6.47. The average Bonchev–Trinajstić information content (AvgIpc) is 2.86. The van der Waals surface area contributed by atoms with Crippen molar-refractivity contribution < 1.29 is 37.0 Å². The molecule has 0 aromatic heterocycles. The molecule has 0 unspecified atom stereocenters. The van der Waals surface area contributed by atoms with Crippen LogP contribution in [0.25, 0.3) is 0 Å². The van der Waals surface area contributed by atoms with E-state index in [1.165, 1.54) is 24.4 Å². The van der Waals surface area contributed by atoms with Crippen molar-refractivity contribution in [2.75, 3.05) is 19.1 Å². The van der Waals surface area contributed by atoms with Crippen LogP contribution in [0.2, 0.25) is 15.1 Å². The zero-order chi connectivity index (χ0) is 21.9. The molecule has 0 spiro atoms. The van der Waals surface area contributed by atoms with E-state index in [4.69, 9.17) is 39.5 Å². The molecule has 0 bridgehead atoms. The fraction of sp³-hybridized carbons (Fsp3) is 0.176. The Bertz CT molecular complexity index is 941. The van der Waals surface area contributed by atoms with Gasteiger partial charge in [0.2, 0.25) is 0 Å². The summed E-state index contributed by atoms with van der Waals surface area (Å²) < 4.78 is 50.9. The number of esters is 2. The van der Waals surface area contributed by atoms with Crippen LogP contribution in [0.4, 0.5) is 18.9 Å². The highest BCUT2D eigenvalue weighted by atomic mass is 35.5. The van der Waals surface area contributed by atoms with Gasteiger partial charge in [-0.25, -0.2) is 9.59 Å². The Kier molecular flexibility index (Phi) is 7.10. The lowest BCUT2D eigenvalue weighted by Crippen LogP contribution is -2.27. The van der Waals surface area contributed by atoms with E-state index in [-0.39, 0.29) is 22.0 Å². The Hall–Kier alpha value is -2.36. The summed E-state index contributed by atoms with van der Waals surface area (Å²) in [5, 5.41) is -1.43. The van der Waals surface area contributed by atoms with Gasteiger partial charge in [-0.05, 0) is 12.2 Å². The van der Waals surface area contributed by atoms with E-state index in [9.17, 15) is 22.8 Å². The number of carbonyl (C=O) groups excluding carboxylic acids is 2. The summed E-state index contributed by atoms with van der Waals surface area (Å²) in [6, 6.07) is 0.775. The summed E-state index contributed by atoms with van der Waals surface area (Å²) in [5.41, 5.74) is -0.758. The molecule has 1 aliphatic rings. The van der Waals surface area contributed by atoms with E-state index < -0.39 is 34.1 Å². The standard InChI is InChI=1S/C17H11Cl3F3NO5/c1-27-15(25)8-5-3-4-6-24(13(8)16(26)28-2)14-9(18)7-10(11(19)12(14)20)29-17(21,22)23/h3-7H,1-2H3. The van der Waals surface area contributed by atoms with E-state index in [1.807, 2.05) is 0 Å². The lowest BCUT2D eigenvalue weighted by atomic mass is 10.1. The van der Waals surface area contributed by atoms with Gasteiger partial charge in [-0.3, -0.25) is 0 Å². The molecule has 0 aliphatic carbocycles. The van der Waals surface area contributed by atoms with Crippen LogP contribution in [0, 0.1) is 0 Å². The molecule has 0 atom stereocenters. The van der Waals surface area contributed by atoms with Gasteiger partial charge in [-0.15, -0.1) is 13.2 Å².